The number of anilines is 1. The van der Waals surface area contributed by atoms with Gasteiger partial charge in [0.25, 0.3) is 0 Å². The Hall–Kier alpha value is -3.15. The van der Waals surface area contributed by atoms with Gasteiger partial charge < -0.3 is 9.84 Å². The van der Waals surface area contributed by atoms with Crippen LogP contribution in [0.25, 0.3) is 0 Å². The summed E-state index contributed by atoms with van der Waals surface area (Å²) in [7, 11) is 0. The van der Waals surface area contributed by atoms with Gasteiger partial charge in [0.15, 0.2) is 5.71 Å². The van der Waals surface area contributed by atoms with Crippen LogP contribution in [-0.4, -0.2) is 29.4 Å². The first kappa shape index (κ1) is 16.2. The number of aromatic carboxylic acids is 1. The third-order valence-electron chi connectivity index (χ3n) is 2.92. The molecular weight excluding hydrogens is 296 g/mol. The van der Waals surface area contributed by atoms with Crippen LogP contribution < -0.4 is 5.43 Å². The molecule has 0 amide bonds. The Bertz CT molecular complexity index is 726. The second-order valence-electron chi connectivity index (χ2n) is 4.54. The molecule has 0 unspecified atom stereocenters. The summed E-state index contributed by atoms with van der Waals surface area (Å²) in [6, 6.07) is 15.0. The van der Waals surface area contributed by atoms with E-state index < -0.39 is 11.9 Å². The first-order valence-electron chi connectivity index (χ1n) is 7.01. The maximum atomic E-state index is 12.1. The highest BCUT2D eigenvalue weighted by molar-refractivity contribution is 6.43. The van der Waals surface area contributed by atoms with Gasteiger partial charge in [-0.1, -0.05) is 36.4 Å². The molecule has 6 heteroatoms. The molecule has 0 heterocycles. The van der Waals surface area contributed by atoms with Crippen molar-refractivity contribution < 1.29 is 19.4 Å². The predicted octanol–water partition coefficient (Wildman–Crippen LogP) is 2.76. The fraction of sp³-hybridized carbons (Fsp3) is 0.118. The smallest absolute Gasteiger partial charge is 0.359 e. The summed E-state index contributed by atoms with van der Waals surface area (Å²) >= 11 is 0. The number of carboxylic acid groups (broad SMARTS) is 1. The van der Waals surface area contributed by atoms with Crippen LogP contribution in [0.2, 0.25) is 0 Å². The van der Waals surface area contributed by atoms with E-state index in [0.29, 0.717) is 11.3 Å². The number of carbonyl (C=O) groups is 2. The average Bonchev–Trinajstić information content (AvgIpc) is 2.56. The van der Waals surface area contributed by atoms with Crippen LogP contribution in [0.5, 0.6) is 0 Å². The van der Waals surface area contributed by atoms with E-state index in [-0.39, 0.29) is 17.9 Å². The minimum atomic E-state index is -1.04. The molecule has 2 rings (SSSR count). The fourth-order valence-electron chi connectivity index (χ4n) is 1.87. The topological polar surface area (TPSA) is 88.0 Å². The number of nitrogens with one attached hydrogen (secondary N) is 1. The molecule has 0 saturated carbocycles. The van der Waals surface area contributed by atoms with Crippen molar-refractivity contribution in [1.29, 1.82) is 0 Å². The van der Waals surface area contributed by atoms with Crippen molar-refractivity contribution >= 4 is 23.3 Å². The van der Waals surface area contributed by atoms with Gasteiger partial charge in [0.1, 0.15) is 0 Å². The highest BCUT2D eigenvalue weighted by atomic mass is 16.5. The molecule has 0 atom stereocenters. The number of rotatable bonds is 6. The molecule has 0 aliphatic rings. The van der Waals surface area contributed by atoms with Gasteiger partial charge in [-0.15, -0.1) is 0 Å². The van der Waals surface area contributed by atoms with Crippen LogP contribution in [-0.2, 0) is 9.53 Å². The van der Waals surface area contributed by atoms with E-state index >= 15 is 0 Å². The summed E-state index contributed by atoms with van der Waals surface area (Å²) in [5.41, 5.74) is 4.01. The van der Waals surface area contributed by atoms with Crippen molar-refractivity contribution in [3.8, 4) is 0 Å². The summed E-state index contributed by atoms with van der Waals surface area (Å²) in [4.78, 5) is 23.0. The number of esters is 1. The molecule has 6 nitrogen and oxygen atoms in total. The molecular formula is C17H16N2O4. The lowest BCUT2D eigenvalue weighted by Crippen LogP contribution is -2.20. The zero-order valence-electron chi connectivity index (χ0n) is 12.5. The molecule has 2 aromatic rings. The quantitative estimate of drug-likeness (QED) is 0.486. The SMILES string of the molecule is CCOC(=O)/C(=N\Nc1cccc(C(=O)O)c1)c1ccccc1. The lowest BCUT2D eigenvalue weighted by atomic mass is 10.1. The number of benzene rings is 2. The number of hydrogen-bond donors (Lipinski definition) is 2. The van der Waals surface area contributed by atoms with E-state index in [1.54, 1.807) is 43.3 Å². The molecule has 0 aliphatic carbocycles. The monoisotopic (exact) mass is 312 g/mol. The van der Waals surface area contributed by atoms with Crippen LogP contribution in [0, 0.1) is 0 Å². The summed E-state index contributed by atoms with van der Waals surface area (Å²) in [5.74, 6) is -1.59. The second-order valence-corrected chi connectivity index (χ2v) is 4.54. The van der Waals surface area contributed by atoms with Gasteiger partial charge in [-0.2, -0.15) is 5.10 Å². The Balaban J connectivity index is 2.29. The van der Waals surface area contributed by atoms with Gasteiger partial charge in [0.05, 0.1) is 17.9 Å². The molecule has 0 saturated heterocycles. The average molecular weight is 312 g/mol. The summed E-state index contributed by atoms with van der Waals surface area (Å²) < 4.78 is 5.00. The third-order valence-corrected chi connectivity index (χ3v) is 2.92. The Labute approximate surface area is 133 Å². The van der Waals surface area contributed by atoms with Crippen LogP contribution in [0.4, 0.5) is 5.69 Å². The standard InChI is InChI=1S/C17H16N2O4/c1-2-23-17(22)15(12-7-4-3-5-8-12)19-18-14-10-6-9-13(11-14)16(20)21/h3-11,18H,2H2,1H3,(H,20,21)/b19-15-. The number of carbonyl (C=O) groups excluding carboxylic acids is 1. The molecule has 2 N–H and O–H groups in total. The van der Waals surface area contributed by atoms with Gasteiger partial charge in [-0.25, -0.2) is 9.59 Å². The summed E-state index contributed by atoms with van der Waals surface area (Å²) in [6.07, 6.45) is 0. The largest absolute Gasteiger partial charge is 0.478 e. The van der Waals surface area contributed by atoms with E-state index in [2.05, 4.69) is 10.5 Å². The molecule has 23 heavy (non-hydrogen) atoms. The number of carboxylic acids is 1. The Morgan fingerprint density at radius 1 is 1.09 bits per heavy atom. The first-order valence-corrected chi connectivity index (χ1v) is 7.01. The Morgan fingerprint density at radius 3 is 2.43 bits per heavy atom. The molecule has 0 spiro atoms. The number of nitrogens with zero attached hydrogens (tertiary/aromatic N) is 1. The van der Waals surface area contributed by atoms with Crippen LogP contribution in [0.3, 0.4) is 0 Å². The molecule has 0 bridgehead atoms. The zero-order chi connectivity index (χ0) is 16.7. The van der Waals surface area contributed by atoms with Gasteiger partial charge in [-0.05, 0) is 25.1 Å². The number of ether oxygens (including phenoxy) is 1. The molecule has 118 valence electrons. The molecule has 0 fully saturated rings. The van der Waals surface area contributed by atoms with Crippen molar-refractivity contribution in [3.63, 3.8) is 0 Å². The van der Waals surface area contributed by atoms with Gasteiger partial charge in [-0.3, -0.25) is 5.43 Å². The van der Waals surface area contributed by atoms with Crippen molar-refractivity contribution in [2.24, 2.45) is 5.10 Å². The van der Waals surface area contributed by atoms with E-state index in [1.165, 1.54) is 12.1 Å². The predicted molar refractivity (Wildman–Crippen MR) is 86.6 cm³/mol. The summed E-state index contributed by atoms with van der Waals surface area (Å²) in [6.45, 7) is 1.95. The maximum absolute atomic E-state index is 12.1. The van der Waals surface area contributed by atoms with Gasteiger partial charge in [0, 0.05) is 5.56 Å². The lowest BCUT2D eigenvalue weighted by Gasteiger charge is -2.07. The van der Waals surface area contributed by atoms with E-state index in [1.807, 2.05) is 6.07 Å². The van der Waals surface area contributed by atoms with Gasteiger partial charge in [0.2, 0.25) is 0 Å². The minimum absolute atomic E-state index is 0.119. The highest BCUT2D eigenvalue weighted by Gasteiger charge is 2.15. The molecule has 0 aliphatic heterocycles. The van der Waals surface area contributed by atoms with Crippen LogP contribution in [0.15, 0.2) is 59.7 Å². The van der Waals surface area contributed by atoms with Crippen LogP contribution >= 0.6 is 0 Å². The minimum Gasteiger partial charge on any atom is -0.478 e. The Morgan fingerprint density at radius 2 is 1.78 bits per heavy atom. The fourth-order valence-corrected chi connectivity index (χ4v) is 1.87. The van der Waals surface area contributed by atoms with E-state index in [4.69, 9.17) is 9.84 Å². The van der Waals surface area contributed by atoms with Crippen molar-refractivity contribution in [1.82, 2.24) is 0 Å². The number of hydrazone groups is 1. The molecule has 2 aromatic carbocycles. The third kappa shape index (κ3) is 4.41. The van der Waals surface area contributed by atoms with Crippen molar-refractivity contribution in [2.45, 2.75) is 6.92 Å². The maximum Gasteiger partial charge on any atom is 0.359 e. The van der Waals surface area contributed by atoms with Crippen molar-refractivity contribution in [3.05, 3.63) is 65.7 Å². The van der Waals surface area contributed by atoms with Crippen molar-refractivity contribution in [2.75, 3.05) is 12.0 Å². The Kier molecular flexibility index (Phi) is 5.46. The van der Waals surface area contributed by atoms with Gasteiger partial charge >= 0.3 is 11.9 Å². The number of hydrogen-bond acceptors (Lipinski definition) is 5. The zero-order valence-corrected chi connectivity index (χ0v) is 12.5. The van der Waals surface area contributed by atoms with E-state index in [0.717, 1.165) is 0 Å². The first-order chi connectivity index (χ1) is 11.1. The normalized spacial score (nSPS) is 10.9. The summed E-state index contributed by atoms with van der Waals surface area (Å²) in [5, 5.41) is 13.1. The molecule has 0 radical (unpaired) electrons. The second kappa shape index (κ2) is 7.74. The van der Waals surface area contributed by atoms with Crippen LogP contribution in [0.1, 0.15) is 22.8 Å². The highest BCUT2D eigenvalue weighted by Crippen LogP contribution is 2.12. The van der Waals surface area contributed by atoms with E-state index in [9.17, 15) is 9.59 Å². The lowest BCUT2D eigenvalue weighted by molar-refractivity contribution is -0.134. The molecule has 0 aromatic heterocycles.